The van der Waals surface area contributed by atoms with E-state index in [1.54, 1.807) is 18.2 Å². The first-order valence-electron chi connectivity index (χ1n) is 7.99. The Morgan fingerprint density at radius 1 is 1.07 bits per heavy atom. The van der Waals surface area contributed by atoms with E-state index in [-0.39, 0.29) is 22.0 Å². The van der Waals surface area contributed by atoms with Crippen LogP contribution in [-0.2, 0) is 10.0 Å². The molecule has 0 radical (unpaired) electrons. The van der Waals surface area contributed by atoms with Gasteiger partial charge in [0, 0.05) is 17.8 Å². The van der Waals surface area contributed by atoms with Crippen molar-refractivity contribution < 1.29 is 22.6 Å². The Morgan fingerprint density at radius 3 is 2.50 bits per heavy atom. The molecule has 0 aliphatic rings. The molecule has 0 atom stereocenters. The number of anilines is 2. The fraction of sp³-hybridized carbons (Fsp3) is 0.0556. The van der Waals surface area contributed by atoms with E-state index in [9.17, 15) is 23.3 Å². The van der Waals surface area contributed by atoms with Gasteiger partial charge in [-0.05, 0) is 42.8 Å². The molecule has 0 saturated carbocycles. The second-order valence-corrected chi connectivity index (χ2v) is 7.48. The van der Waals surface area contributed by atoms with Gasteiger partial charge in [0.05, 0.1) is 21.8 Å². The van der Waals surface area contributed by atoms with Crippen LogP contribution < -0.4 is 10.0 Å². The Morgan fingerprint density at radius 2 is 1.82 bits per heavy atom. The number of nitrogens with one attached hydrogen (secondary N) is 2. The first-order valence-corrected chi connectivity index (χ1v) is 9.47. The van der Waals surface area contributed by atoms with Crippen molar-refractivity contribution in [2.45, 2.75) is 11.8 Å². The lowest BCUT2D eigenvalue weighted by molar-refractivity contribution is -0.385. The minimum atomic E-state index is -4.07. The Hall–Kier alpha value is -3.66. The van der Waals surface area contributed by atoms with Crippen molar-refractivity contribution in [1.82, 2.24) is 0 Å². The number of nitro benzene ring substituents is 1. The molecule has 2 aromatic carbocycles. The maximum atomic E-state index is 12.7. The lowest BCUT2D eigenvalue weighted by Gasteiger charge is -2.11. The second kappa shape index (κ2) is 7.53. The summed E-state index contributed by atoms with van der Waals surface area (Å²) in [5.74, 6) is -0.377. The van der Waals surface area contributed by atoms with E-state index >= 15 is 0 Å². The Balaban J connectivity index is 1.84. The van der Waals surface area contributed by atoms with Crippen LogP contribution in [0.2, 0.25) is 0 Å². The number of carbonyl (C=O) groups excluding carboxylic acids is 1. The Bertz CT molecular complexity index is 1140. The molecule has 144 valence electrons. The van der Waals surface area contributed by atoms with Gasteiger partial charge in [0.15, 0.2) is 5.76 Å². The molecule has 0 unspecified atom stereocenters. The van der Waals surface area contributed by atoms with Crippen LogP contribution in [0, 0.1) is 17.0 Å². The van der Waals surface area contributed by atoms with Crippen LogP contribution in [0.4, 0.5) is 17.1 Å². The number of sulfonamides is 1. The third-order valence-electron chi connectivity index (χ3n) is 3.79. The van der Waals surface area contributed by atoms with E-state index in [2.05, 4.69) is 10.0 Å². The van der Waals surface area contributed by atoms with E-state index in [4.69, 9.17) is 4.42 Å². The quantitative estimate of drug-likeness (QED) is 0.480. The van der Waals surface area contributed by atoms with Crippen LogP contribution in [0.1, 0.15) is 16.1 Å². The summed E-state index contributed by atoms with van der Waals surface area (Å²) in [5.41, 5.74) is 0.561. The van der Waals surface area contributed by atoms with Crippen LogP contribution in [0.25, 0.3) is 0 Å². The zero-order valence-electron chi connectivity index (χ0n) is 14.6. The molecule has 0 spiro atoms. The summed E-state index contributed by atoms with van der Waals surface area (Å²) in [5, 5.41) is 13.5. The molecule has 0 aliphatic heterocycles. The molecule has 1 aromatic heterocycles. The lowest BCUT2D eigenvalue weighted by atomic mass is 10.2. The van der Waals surface area contributed by atoms with Gasteiger partial charge >= 0.3 is 0 Å². The van der Waals surface area contributed by atoms with E-state index in [0.29, 0.717) is 11.3 Å². The summed E-state index contributed by atoms with van der Waals surface area (Å²) >= 11 is 0. The highest BCUT2D eigenvalue weighted by Gasteiger charge is 2.21. The number of hydrogen-bond acceptors (Lipinski definition) is 6. The van der Waals surface area contributed by atoms with Gasteiger partial charge in [0.25, 0.3) is 21.6 Å². The summed E-state index contributed by atoms with van der Waals surface area (Å²) in [6, 6.07) is 12.7. The number of hydrogen-bond donors (Lipinski definition) is 2. The fourth-order valence-electron chi connectivity index (χ4n) is 2.46. The minimum Gasteiger partial charge on any atom is -0.459 e. The van der Waals surface area contributed by atoms with Crippen molar-refractivity contribution in [2.75, 3.05) is 10.0 Å². The molecule has 0 bridgehead atoms. The molecular formula is C18H15N3O6S. The van der Waals surface area contributed by atoms with Gasteiger partial charge < -0.3 is 9.73 Å². The standard InChI is InChI=1S/C18H15N3O6S/c1-12-7-8-15(21(23)24)11-17(12)28(25,26)20-14-5-2-4-13(10-14)19-18(22)16-6-3-9-27-16/h2-11,20H,1H3,(H,19,22). The highest BCUT2D eigenvalue weighted by atomic mass is 32.2. The number of non-ortho nitro benzene ring substituents is 1. The van der Waals surface area contributed by atoms with Crippen LogP contribution in [0.5, 0.6) is 0 Å². The predicted molar refractivity (Wildman–Crippen MR) is 102 cm³/mol. The summed E-state index contributed by atoms with van der Waals surface area (Å²) in [6.45, 7) is 1.54. The van der Waals surface area contributed by atoms with Crippen molar-refractivity contribution in [1.29, 1.82) is 0 Å². The molecule has 0 fully saturated rings. The van der Waals surface area contributed by atoms with Gasteiger partial charge in [0.1, 0.15) is 0 Å². The first kappa shape index (κ1) is 19.1. The Labute approximate surface area is 160 Å². The fourth-order valence-corrected chi connectivity index (χ4v) is 3.78. The largest absolute Gasteiger partial charge is 0.459 e. The van der Waals surface area contributed by atoms with E-state index in [0.717, 1.165) is 6.07 Å². The van der Waals surface area contributed by atoms with Crippen molar-refractivity contribution in [3.63, 3.8) is 0 Å². The maximum absolute atomic E-state index is 12.7. The van der Waals surface area contributed by atoms with E-state index in [1.807, 2.05) is 0 Å². The SMILES string of the molecule is Cc1ccc([N+](=O)[O-])cc1S(=O)(=O)Nc1cccc(NC(=O)c2ccco2)c1. The monoisotopic (exact) mass is 401 g/mol. The molecule has 10 heteroatoms. The predicted octanol–water partition coefficient (Wildman–Crippen LogP) is 3.55. The number of benzene rings is 2. The molecule has 0 saturated heterocycles. The van der Waals surface area contributed by atoms with Gasteiger partial charge in [-0.15, -0.1) is 0 Å². The highest BCUT2D eigenvalue weighted by Crippen LogP contribution is 2.25. The molecule has 3 aromatic rings. The molecule has 2 N–H and O–H groups in total. The number of carbonyl (C=O) groups is 1. The van der Waals surface area contributed by atoms with Crippen molar-refractivity contribution in [3.8, 4) is 0 Å². The topological polar surface area (TPSA) is 132 Å². The van der Waals surface area contributed by atoms with Gasteiger partial charge in [0.2, 0.25) is 0 Å². The van der Waals surface area contributed by atoms with Crippen molar-refractivity contribution in [3.05, 3.63) is 82.3 Å². The normalized spacial score (nSPS) is 11.0. The lowest BCUT2D eigenvalue weighted by Crippen LogP contribution is -2.15. The number of amides is 1. The molecule has 1 amide bonds. The third kappa shape index (κ3) is 4.18. The highest BCUT2D eigenvalue weighted by molar-refractivity contribution is 7.92. The van der Waals surface area contributed by atoms with Crippen LogP contribution in [0.3, 0.4) is 0 Å². The number of nitrogens with zero attached hydrogens (tertiary/aromatic N) is 1. The Kier molecular flexibility index (Phi) is 5.14. The molecular weight excluding hydrogens is 386 g/mol. The molecule has 0 aliphatic carbocycles. The summed E-state index contributed by atoms with van der Waals surface area (Å²) in [4.78, 5) is 22.1. The molecule has 1 heterocycles. The average Bonchev–Trinajstić information content (AvgIpc) is 3.16. The van der Waals surface area contributed by atoms with Crippen molar-refractivity contribution in [2.24, 2.45) is 0 Å². The third-order valence-corrected chi connectivity index (χ3v) is 5.31. The van der Waals surface area contributed by atoms with Crippen LogP contribution in [0.15, 0.2) is 70.2 Å². The van der Waals surface area contributed by atoms with Gasteiger partial charge in [-0.3, -0.25) is 19.6 Å². The zero-order chi connectivity index (χ0) is 20.3. The number of rotatable bonds is 6. The average molecular weight is 401 g/mol. The molecule has 3 rings (SSSR count). The summed E-state index contributed by atoms with van der Waals surface area (Å²) in [6.07, 6.45) is 1.36. The zero-order valence-corrected chi connectivity index (χ0v) is 15.4. The van der Waals surface area contributed by atoms with Crippen LogP contribution in [-0.4, -0.2) is 19.2 Å². The van der Waals surface area contributed by atoms with Crippen molar-refractivity contribution >= 4 is 33.0 Å². The van der Waals surface area contributed by atoms with E-state index in [1.165, 1.54) is 43.5 Å². The number of aryl methyl sites for hydroxylation is 1. The minimum absolute atomic E-state index is 0.109. The number of nitro groups is 1. The molecule has 9 nitrogen and oxygen atoms in total. The van der Waals surface area contributed by atoms with E-state index < -0.39 is 20.9 Å². The second-order valence-electron chi connectivity index (χ2n) is 5.82. The first-order chi connectivity index (χ1) is 13.3. The van der Waals surface area contributed by atoms with Gasteiger partial charge in [-0.25, -0.2) is 8.42 Å². The molecule has 28 heavy (non-hydrogen) atoms. The van der Waals surface area contributed by atoms with Crippen LogP contribution >= 0.6 is 0 Å². The summed E-state index contributed by atoms with van der Waals surface area (Å²) in [7, 11) is -4.07. The maximum Gasteiger partial charge on any atom is 0.291 e. The summed E-state index contributed by atoms with van der Waals surface area (Å²) < 4.78 is 32.7. The smallest absolute Gasteiger partial charge is 0.291 e. The van der Waals surface area contributed by atoms with Gasteiger partial charge in [-0.2, -0.15) is 0 Å². The van der Waals surface area contributed by atoms with Gasteiger partial charge in [-0.1, -0.05) is 12.1 Å². The number of furan rings is 1.